The zero-order valence-electron chi connectivity index (χ0n) is 19.7. The van der Waals surface area contributed by atoms with Crippen LogP contribution < -0.4 is 14.4 Å². The maximum Gasteiger partial charge on any atom is 0.266 e. The quantitative estimate of drug-likeness (QED) is 0.553. The highest BCUT2D eigenvalue weighted by Gasteiger charge is 2.27. The first kappa shape index (κ1) is 24.0. The lowest BCUT2D eigenvalue weighted by Gasteiger charge is -2.36. The highest BCUT2D eigenvalue weighted by atomic mass is 32.2. The number of aromatic nitrogens is 1. The van der Waals surface area contributed by atoms with Gasteiger partial charge >= 0.3 is 0 Å². The van der Waals surface area contributed by atoms with Crippen molar-refractivity contribution in [1.29, 1.82) is 0 Å². The molecule has 0 atom stereocenters. The van der Waals surface area contributed by atoms with Gasteiger partial charge in [-0.25, -0.2) is 13.4 Å². The third-order valence-corrected chi connectivity index (χ3v) is 8.51. The molecular formula is C24H28N4O4S2. The summed E-state index contributed by atoms with van der Waals surface area (Å²) in [6, 6.07) is 13.0. The Bertz CT molecular complexity index is 1310. The number of carbonyl (C=O) groups excluding carboxylic acids is 1. The highest BCUT2D eigenvalue weighted by molar-refractivity contribution is 7.93. The molecule has 0 radical (unpaired) electrons. The van der Waals surface area contributed by atoms with Crippen molar-refractivity contribution in [2.45, 2.75) is 25.7 Å². The molecule has 0 unspecified atom stereocenters. The molecule has 1 N–H and O–H groups in total. The number of carbonyl (C=O) groups is 1. The van der Waals surface area contributed by atoms with Crippen molar-refractivity contribution >= 4 is 38.1 Å². The first-order chi connectivity index (χ1) is 16.2. The Labute approximate surface area is 204 Å². The van der Waals surface area contributed by atoms with Crippen LogP contribution in [-0.2, 0) is 10.0 Å². The number of amides is 1. The number of rotatable bonds is 6. The highest BCUT2D eigenvalue weighted by Crippen LogP contribution is 2.28. The Morgan fingerprint density at radius 2 is 1.79 bits per heavy atom. The number of benzene rings is 2. The number of piperazine rings is 1. The van der Waals surface area contributed by atoms with Gasteiger partial charge in [-0.05, 0) is 44.5 Å². The average Bonchev–Trinajstić information content (AvgIpc) is 3.17. The lowest BCUT2D eigenvalue weighted by Crippen LogP contribution is -2.48. The van der Waals surface area contributed by atoms with E-state index in [-0.39, 0.29) is 15.9 Å². The van der Waals surface area contributed by atoms with Gasteiger partial charge in [-0.2, -0.15) is 0 Å². The molecule has 1 saturated heterocycles. The number of ether oxygens (including phenoxy) is 1. The summed E-state index contributed by atoms with van der Waals surface area (Å²) in [6.45, 7) is 7.93. The molecule has 1 fully saturated rings. The largest absolute Gasteiger partial charge is 0.497 e. The third kappa shape index (κ3) is 5.02. The van der Waals surface area contributed by atoms with Gasteiger partial charge < -0.3 is 14.5 Å². The number of methoxy groups -OCH3 is 1. The fourth-order valence-corrected chi connectivity index (χ4v) is 6.42. The smallest absolute Gasteiger partial charge is 0.266 e. The number of sulfonamides is 1. The van der Waals surface area contributed by atoms with Crippen LogP contribution in [-0.4, -0.2) is 57.5 Å². The van der Waals surface area contributed by atoms with Crippen molar-refractivity contribution in [2.24, 2.45) is 0 Å². The molecule has 0 aliphatic carbocycles. The molecule has 180 valence electrons. The van der Waals surface area contributed by atoms with Crippen LogP contribution in [0.1, 0.15) is 26.5 Å². The minimum absolute atomic E-state index is 0.128. The van der Waals surface area contributed by atoms with Gasteiger partial charge in [0.15, 0.2) is 5.13 Å². The van der Waals surface area contributed by atoms with Gasteiger partial charge in [0, 0.05) is 37.9 Å². The van der Waals surface area contributed by atoms with Gasteiger partial charge in [0.1, 0.15) is 10.6 Å². The van der Waals surface area contributed by atoms with E-state index in [1.807, 2.05) is 37.3 Å². The lowest BCUT2D eigenvalue weighted by molar-refractivity contribution is 0.0750. The van der Waals surface area contributed by atoms with Crippen molar-refractivity contribution in [2.75, 3.05) is 42.9 Å². The zero-order valence-corrected chi connectivity index (χ0v) is 21.3. The van der Waals surface area contributed by atoms with Crippen molar-refractivity contribution in [3.63, 3.8) is 0 Å². The number of anilines is 2. The second kappa shape index (κ2) is 9.63. The lowest BCUT2D eigenvalue weighted by atomic mass is 10.2. The molecule has 2 heterocycles. The standard InChI is InChI=1S/C24H28N4O4S2/c1-16-8-9-21(17(2)14-16)34(30,31)26-24-25-18(3)22(33-24)23(29)28-12-10-27(11-13-28)19-6-5-7-20(15-19)32-4/h5-9,14-15H,10-13H2,1-4H3,(H,25,26). The van der Waals surface area contributed by atoms with Gasteiger partial charge in [-0.15, -0.1) is 0 Å². The van der Waals surface area contributed by atoms with Crippen molar-refractivity contribution in [3.8, 4) is 5.75 Å². The number of hydrogen-bond donors (Lipinski definition) is 1. The molecule has 1 aliphatic rings. The van der Waals surface area contributed by atoms with E-state index >= 15 is 0 Å². The van der Waals surface area contributed by atoms with Crippen molar-refractivity contribution in [3.05, 3.63) is 64.2 Å². The van der Waals surface area contributed by atoms with Crippen molar-refractivity contribution in [1.82, 2.24) is 9.88 Å². The van der Waals surface area contributed by atoms with E-state index in [4.69, 9.17) is 4.74 Å². The predicted octanol–water partition coefficient (Wildman–Crippen LogP) is 3.84. The van der Waals surface area contributed by atoms with Crippen LogP contribution in [0.3, 0.4) is 0 Å². The summed E-state index contributed by atoms with van der Waals surface area (Å²) in [6.07, 6.45) is 0. The van der Waals surface area contributed by atoms with Crippen LogP contribution in [0.5, 0.6) is 5.75 Å². The van der Waals surface area contributed by atoms with E-state index in [0.717, 1.165) is 28.3 Å². The van der Waals surface area contributed by atoms with Crippen LogP contribution in [0.25, 0.3) is 0 Å². The van der Waals surface area contributed by atoms with Crippen LogP contribution in [0.15, 0.2) is 47.4 Å². The summed E-state index contributed by atoms with van der Waals surface area (Å²) in [5.74, 6) is 0.671. The first-order valence-corrected chi connectivity index (χ1v) is 13.2. The summed E-state index contributed by atoms with van der Waals surface area (Å²) in [5, 5.41) is 0.191. The van der Waals surface area contributed by atoms with E-state index in [1.165, 1.54) is 0 Å². The molecule has 4 rings (SSSR count). The molecule has 1 aliphatic heterocycles. The van der Waals surface area contributed by atoms with Crippen molar-refractivity contribution < 1.29 is 17.9 Å². The molecule has 2 aromatic carbocycles. The monoisotopic (exact) mass is 500 g/mol. The van der Waals surface area contributed by atoms with Gasteiger partial charge in [-0.3, -0.25) is 9.52 Å². The SMILES string of the molecule is COc1cccc(N2CCN(C(=O)c3sc(NS(=O)(=O)c4ccc(C)cc4C)nc3C)CC2)c1. The fraction of sp³-hybridized carbons (Fsp3) is 0.333. The van der Waals surface area contributed by atoms with E-state index in [0.29, 0.717) is 42.3 Å². The van der Waals surface area contributed by atoms with E-state index in [9.17, 15) is 13.2 Å². The Kier molecular flexibility index (Phi) is 6.81. The number of aryl methyl sites for hydroxylation is 3. The fourth-order valence-electron chi connectivity index (χ4n) is 4.03. The molecule has 0 spiro atoms. The molecule has 3 aromatic rings. The minimum Gasteiger partial charge on any atom is -0.497 e. The predicted molar refractivity (Wildman–Crippen MR) is 135 cm³/mol. The Morgan fingerprint density at radius 3 is 2.47 bits per heavy atom. The minimum atomic E-state index is -3.80. The Morgan fingerprint density at radius 1 is 1.06 bits per heavy atom. The maximum atomic E-state index is 13.2. The molecule has 34 heavy (non-hydrogen) atoms. The van der Waals surface area contributed by atoms with Crippen LogP contribution in [0, 0.1) is 20.8 Å². The van der Waals surface area contributed by atoms with Gasteiger partial charge in [0.2, 0.25) is 0 Å². The summed E-state index contributed by atoms with van der Waals surface area (Å²) in [4.78, 5) is 22.2. The molecule has 10 heteroatoms. The maximum absolute atomic E-state index is 13.2. The number of thiazole rings is 1. The molecule has 1 aromatic heterocycles. The molecular weight excluding hydrogens is 472 g/mol. The number of hydrogen-bond acceptors (Lipinski definition) is 7. The van der Waals surface area contributed by atoms with E-state index in [1.54, 1.807) is 38.0 Å². The van der Waals surface area contributed by atoms with Gasteiger partial charge in [-0.1, -0.05) is 35.1 Å². The second-order valence-electron chi connectivity index (χ2n) is 8.29. The first-order valence-electron chi connectivity index (χ1n) is 10.9. The van der Waals surface area contributed by atoms with Gasteiger partial charge in [0.05, 0.1) is 17.7 Å². The van der Waals surface area contributed by atoms with Crippen LogP contribution in [0.2, 0.25) is 0 Å². The van der Waals surface area contributed by atoms with Gasteiger partial charge in [0.25, 0.3) is 15.9 Å². The topological polar surface area (TPSA) is 91.8 Å². The molecule has 0 bridgehead atoms. The normalized spacial score (nSPS) is 14.2. The summed E-state index contributed by atoms with van der Waals surface area (Å²) in [7, 11) is -2.16. The van der Waals surface area contributed by atoms with E-state index in [2.05, 4.69) is 14.6 Å². The van der Waals surface area contributed by atoms with Crippen LogP contribution >= 0.6 is 11.3 Å². The number of nitrogens with one attached hydrogen (secondary N) is 1. The molecule has 8 nitrogen and oxygen atoms in total. The summed E-state index contributed by atoms with van der Waals surface area (Å²) in [5.41, 5.74) is 3.22. The second-order valence-corrected chi connectivity index (χ2v) is 10.9. The average molecular weight is 501 g/mol. The van der Waals surface area contributed by atoms with Crippen LogP contribution in [0.4, 0.5) is 10.8 Å². The Hall–Kier alpha value is -3.11. The zero-order chi connectivity index (χ0) is 24.5. The number of nitrogens with zero attached hydrogens (tertiary/aromatic N) is 3. The van der Waals surface area contributed by atoms with E-state index < -0.39 is 10.0 Å². The molecule has 1 amide bonds. The summed E-state index contributed by atoms with van der Waals surface area (Å²) < 4.78 is 33.6. The summed E-state index contributed by atoms with van der Waals surface area (Å²) >= 11 is 1.07. The Balaban J connectivity index is 1.44. The molecule has 0 saturated carbocycles. The third-order valence-electron chi connectivity index (χ3n) is 5.82.